The Hall–Kier alpha value is -2.63. The number of hydrogen-bond donors (Lipinski definition) is 3. The number of carbonyl (C=O) groups is 2. The van der Waals surface area contributed by atoms with Gasteiger partial charge in [-0.15, -0.1) is 0 Å². The molecule has 6 nitrogen and oxygen atoms in total. The van der Waals surface area contributed by atoms with Crippen LogP contribution in [-0.4, -0.2) is 23.5 Å². The lowest BCUT2D eigenvalue weighted by molar-refractivity contribution is -0.126. The maximum absolute atomic E-state index is 12.4. The van der Waals surface area contributed by atoms with E-state index < -0.39 is 0 Å². The number of carbonyl (C=O) groups excluding carboxylic acids is 2. The van der Waals surface area contributed by atoms with Crippen LogP contribution >= 0.6 is 0 Å². The molecular weight excluding hydrogens is 328 g/mol. The van der Waals surface area contributed by atoms with Crippen molar-refractivity contribution >= 4 is 28.5 Å². The molecule has 0 spiro atoms. The Bertz CT molecular complexity index is 784. The number of nitrogens with one attached hydrogen (secondary N) is 3. The zero-order chi connectivity index (χ0) is 18.4. The molecular formula is C20H26N4O2. The number of nitrogens with zero attached hydrogens (tertiary/aromatic N) is 1. The lowest BCUT2D eigenvalue weighted by Crippen LogP contribution is -2.31. The third-order valence-corrected chi connectivity index (χ3v) is 4.86. The minimum atomic E-state index is -0.268. The molecule has 26 heavy (non-hydrogen) atoms. The Morgan fingerprint density at radius 1 is 1.15 bits per heavy atom. The number of anilines is 1. The number of hydrogen-bond acceptors (Lipinski definition) is 3. The van der Waals surface area contributed by atoms with E-state index in [0.29, 0.717) is 18.9 Å². The van der Waals surface area contributed by atoms with Crippen LogP contribution in [-0.2, 0) is 11.3 Å². The molecule has 3 N–H and O–H groups in total. The fourth-order valence-corrected chi connectivity index (χ4v) is 3.47. The highest BCUT2D eigenvalue weighted by Crippen LogP contribution is 2.24. The molecule has 1 heterocycles. The maximum Gasteiger partial charge on any atom is 0.320 e. The quantitative estimate of drug-likeness (QED) is 0.767. The predicted octanol–water partition coefficient (Wildman–Crippen LogP) is 3.57. The number of aromatic nitrogens is 1. The first-order chi connectivity index (χ1) is 12.7. The summed E-state index contributed by atoms with van der Waals surface area (Å²) >= 11 is 0. The van der Waals surface area contributed by atoms with Gasteiger partial charge in [0.25, 0.3) is 0 Å². The van der Waals surface area contributed by atoms with Gasteiger partial charge in [-0.2, -0.15) is 0 Å². The van der Waals surface area contributed by atoms with Gasteiger partial charge in [-0.05, 0) is 36.8 Å². The summed E-state index contributed by atoms with van der Waals surface area (Å²) in [5.74, 6) is 0.820. The van der Waals surface area contributed by atoms with E-state index in [1.165, 1.54) is 6.42 Å². The molecule has 1 saturated carbocycles. The topological polar surface area (TPSA) is 83.1 Å². The van der Waals surface area contributed by atoms with Gasteiger partial charge >= 0.3 is 6.03 Å². The second kappa shape index (κ2) is 8.65. The summed E-state index contributed by atoms with van der Waals surface area (Å²) in [6.45, 7) is 2.92. The van der Waals surface area contributed by atoms with Crippen LogP contribution in [0.4, 0.5) is 10.6 Å². The number of urea groups is 1. The third kappa shape index (κ3) is 4.50. The SMILES string of the molecule is CCNC(=O)Nc1cc2cccc(CNC(=O)C3CCCCC3)c2cn1. The summed E-state index contributed by atoms with van der Waals surface area (Å²) in [7, 11) is 0. The van der Waals surface area contributed by atoms with E-state index in [1.54, 1.807) is 6.20 Å². The number of amides is 3. The standard InChI is InChI=1S/C20H26N4O2/c1-2-21-20(26)24-18-11-15-9-6-10-16(17(15)13-22-18)12-23-19(25)14-7-4-3-5-8-14/h6,9-11,13-14H,2-5,7-8,12H2,1H3,(H,23,25)(H2,21,22,24,26). The molecule has 1 aromatic carbocycles. The molecule has 0 bridgehead atoms. The van der Waals surface area contributed by atoms with Crippen LogP contribution < -0.4 is 16.0 Å². The van der Waals surface area contributed by atoms with Gasteiger partial charge in [0.15, 0.2) is 0 Å². The minimum absolute atomic E-state index is 0.157. The average molecular weight is 354 g/mol. The number of rotatable bonds is 5. The summed E-state index contributed by atoms with van der Waals surface area (Å²) < 4.78 is 0. The molecule has 0 atom stereocenters. The van der Waals surface area contributed by atoms with Crippen LogP contribution in [0.15, 0.2) is 30.5 Å². The highest BCUT2D eigenvalue weighted by molar-refractivity contribution is 5.92. The molecule has 0 aliphatic heterocycles. The van der Waals surface area contributed by atoms with Crippen LogP contribution in [0.3, 0.4) is 0 Å². The van der Waals surface area contributed by atoms with Crippen LogP contribution in [0, 0.1) is 5.92 Å². The Labute approximate surface area is 153 Å². The van der Waals surface area contributed by atoms with Crippen molar-refractivity contribution in [2.75, 3.05) is 11.9 Å². The molecule has 1 fully saturated rings. The van der Waals surface area contributed by atoms with Crippen LogP contribution in [0.25, 0.3) is 10.8 Å². The van der Waals surface area contributed by atoms with Crippen molar-refractivity contribution in [1.29, 1.82) is 0 Å². The van der Waals surface area contributed by atoms with E-state index in [2.05, 4.69) is 20.9 Å². The molecule has 0 radical (unpaired) electrons. The van der Waals surface area contributed by atoms with E-state index in [0.717, 1.165) is 42.0 Å². The zero-order valence-corrected chi connectivity index (χ0v) is 15.2. The third-order valence-electron chi connectivity index (χ3n) is 4.86. The molecule has 3 rings (SSSR count). The largest absolute Gasteiger partial charge is 0.352 e. The maximum atomic E-state index is 12.4. The lowest BCUT2D eigenvalue weighted by atomic mass is 9.88. The van der Waals surface area contributed by atoms with Gasteiger partial charge < -0.3 is 10.6 Å². The number of benzene rings is 1. The minimum Gasteiger partial charge on any atom is -0.352 e. The molecule has 6 heteroatoms. The Morgan fingerprint density at radius 2 is 1.96 bits per heavy atom. The van der Waals surface area contributed by atoms with E-state index in [-0.39, 0.29) is 17.9 Å². The summed E-state index contributed by atoms with van der Waals surface area (Å²) in [5, 5.41) is 10.4. The molecule has 1 aromatic heterocycles. The lowest BCUT2D eigenvalue weighted by Gasteiger charge is -2.21. The van der Waals surface area contributed by atoms with Crippen molar-refractivity contribution in [3.63, 3.8) is 0 Å². The van der Waals surface area contributed by atoms with Gasteiger partial charge in [-0.25, -0.2) is 9.78 Å². The summed E-state index contributed by atoms with van der Waals surface area (Å²) in [4.78, 5) is 28.3. The molecule has 0 unspecified atom stereocenters. The highest BCUT2D eigenvalue weighted by Gasteiger charge is 2.20. The molecule has 3 amide bonds. The van der Waals surface area contributed by atoms with Gasteiger partial charge in [0, 0.05) is 30.6 Å². The average Bonchev–Trinajstić information content (AvgIpc) is 2.66. The van der Waals surface area contributed by atoms with E-state index in [1.807, 2.05) is 31.2 Å². The van der Waals surface area contributed by atoms with Gasteiger partial charge in [0.2, 0.25) is 5.91 Å². The Balaban J connectivity index is 1.68. The second-order valence-electron chi connectivity index (χ2n) is 6.75. The van der Waals surface area contributed by atoms with Crippen LogP contribution in [0.1, 0.15) is 44.6 Å². The first-order valence-corrected chi connectivity index (χ1v) is 9.37. The second-order valence-corrected chi connectivity index (χ2v) is 6.75. The van der Waals surface area contributed by atoms with Crippen molar-refractivity contribution < 1.29 is 9.59 Å². The molecule has 138 valence electrons. The van der Waals surface area contributed by atoms with E-state index in [9.17, 15) is 9.59 Å². The van der Waals surface area contributed by atoms with Crippen LogP contribution in [0.5, 0.6) is 0 Å². The van der Waals surface area contributed by atoms with Gasteiger partial charge in [0.05, 0.1) is 0 Å². The van der Waals surface area contributed by atoms with Crippen molar-refractivity contribution in [2.24, 2.45) is 5.92 Å². The first kappa shape index (κ1) is 18.2. The summed E-state index contributed by atoms with van der Waals surface area (Å²) in [5.41, 5.74) is 1.03. The molecule has 1 aliphatic rings. The van der Waals surface area contributed by atoms with Crippen LogP contribution in [0.2, 0.25) is 0 Å². The number of pyridine rings is 1. The van der Waals surface area contributed by atoms with E-state index in [4.69, 9.17) is 0 Å². The predicted molar refractivity (Wildman–Crippen MR) is 103 cm³/mol. The smallest absolute Gasteiger partial charge is 0.320 e. The van der Waals surface area contributed by atoms with Crippen molar-refractivity contribution in [2.45, 2.75) is 45.6 Å². The Kier molecular flexibility index (Phi) is 6.04. The van der Waals surface area contributed by atoms with Crippen molar-refractivity contribution in [3.05, 3.63) is 36.0 Å². The summed E-state index contributed by atoms with van der Waals surface area (Å²) in [6, 6.07) is 7.52. The van der Waals surface area contributed by atoms with Crippen molar-refractivity contribution in [1.82, 2.24) is 15.6 Å². The Morgan fingerprint density at radius 3 is 2.73 bits per heavy atom. The first-order valence-electron chi connectivity index (χ1n) is 9.37. The summed E-state index contributed by atoms with van der Waals surface area (Å²) in [6.07, 6.45) is 7.29. The van der Waals surface area contributed by atoms with Gasteiger partial charge in [-0.3, -0.25) is 10.1 Å². The fraction of sp³-hybridized carbons (Fsp3) is 0.450. The normalized spacial score (nSPS) is 14.8. The number of fused-ring (bicyclic) bond motifs is 1. The molecule has 0 saturated heterocycles. The fourth-order valence-electron chi connectivity index (χ4n) is 3.47. The van der Waals surface area contributed by atoms with E-state index >= 15 is 0 Å². The highest BCUT2D eigenvalue weighted by atomic mass is 16.2. The monoisotopic (exact) mass is 354 g/mol. The molecule has 1 aliphatic carbocycles. The zero-order valence-electron chi connectivity index (χ0n) is 15.2. The van der Waals surface area contributed by atoms with Gasteiger partial charge in [-0.1, -0.05) is 37.5 Å². The molecule has 2 aromatic rings. The van der Waals surface area contributed by atoms with Gasteiger partial charge in [0.1, 0.15) is 5.82 Å². The van der Waals surface area contributed by atoms with Crippen molar-refractivity contribution in [3.8, 4) is 0 Å².